The molecular weight excluding hydrogens is 550 g/mol. The molecule has 9 nitrogen and oxygen atoms in total. The molecule has 4 rings (SSSR count). The zero-order valence-corrected chi connectivity index (χ0v) is 24.7. The van der Waals surface area contributed by atoms with E-state index in [9.17, 15) is 4.79 Å². The third-order valence-electron chi connectivity index (χ3n) is 6.65. The van der Waals surface area contributed by atoms with Gasteiger partial charge in [0.2, 0.25) is 5.82 Å². The Labute approximate surface area is 250 Å². The largest absolute Gasteiger partial charge is 0.497 e. The second-order valence-corrected chi connectivity index (χ2v) is 10.8. The van der Waals surface area contributed by atoms with Crippen LogP contribution in [0.1, 0.15) is 61.0 Å². The molecule has 2 N–H and O–H groups in total. The van der Waals surface area contributed by atoms with Crippen LogP contribution in [0.15, 0.2) is 66.7 Å². The molecule has 0 aliphatic rings. The molecule has 2 aromatic heterocycles. The average Bonchev–Trinajstić information content (AvgIpc) is 3.56. The number of hydrogen-bond donors (Lipinski definition) is 2. The molecule has 0 unspecified atom stereocenters. The van der Waals surface area contributed by atoms with Crippen molar-refractivity contribution in [2.24, 2.45) is 0 Å². The third kappa shape index (κ3) is 10.3. The van der Waals surface area contributed by atoms with Gasteiger partial charge in [-0.05, 0) is 72.0 Å². The number of carboxylic acids is 1. The van der Waals surface area contributed by atoms with E-state index in [0.29, 0.717) is 29.6 Å². The number of thioether (sulfide) groups is 1. The van der Waals surface area contributed by atoms with Crippen molar-refractivity contribution < 1.29 is 19.4 Å². The van der Waals surface area contributed by atoms with Crippen molar-refractivity contribution in [3.63, 3.8) is 0 Å². The van der Waals surface area contributed by atoms with Gasteiger partial charge < -0.3 is 14.6 Å². The predicted molar refractivity (Wildman–Crippen MR) is 165 cm³/mol. The zero-order valence-electron chi connectivity index (χ0n) is 23.9. The molecule has 10 heteroatoms. The Bertz CT molecular complexity index is 1410. The SMILES string of the molecule is COc1ccc(CCCCCCCCOc2ccc(CSCc3cccc(-c4nn[nH]n4)c3)nc2/C=C/C(=O)O)cc1. The van der Waals surface area contributed by atoms with Gasteiger partial charge in [0, 0.05) is 23.1 Å². The number of ether oxygens (including phenoxy) is 2. The standard InChI is InChI=1S/C32H37N5O4S/c1-40-28-15-12-24(13-16-28)9-6-4-2-3-5-7-20-41-30-18-14-27(33-29(30)17-19-31(38)39)23-42-22-25-10-8-11-26(21-25)32-34-36-37-35-32/h8,10-19,21H,2-7,9,20,22-23H2,1H3,(H,38,39)(H,34,35,36,37)/b19-17+. The first kappa shape index (κ1) is 30.8. The summed E-state index contributed by atoms with van der Waals surface area (Å²) in [4.78, 5) is 15.8. The molecule has 2 heterocycles. The number of aromatic amines is 1. The Kier molecular flexibility index (Phi) is 12.4. The van der Waals surface area contributed by atoms with Crippen molar-refractivity contribution in [1.82, 2.24) is 25.6 Å². The highest BCUT2D eigenvalue weighted by atomic mass is 32.2. The van der Waals surface area contributed by atoms with Crippen molar-refractivity contribution in [2.45, 2.75) is 56.5 Å². The molecule has 0 bridgehead atoms. The van der Waals surface area contributed by atoms with Gasteiger partial charge in [0.15, 0.2) is 0 Å². The Hall–Kier alpha value is -4.18. The van der Waals surface area contributed by atoms with E-state index in [1.807, 2.05) is 42.5 Å². The number of aliphatic carboxylic acids is 1. The molecule has 0 aliphatic heterocycles. The number of nitrogens with zero attached hydrogens (tertiary/aromatic N) is 4. The fourth-order valence-electron chi connectivity index (χ4n) is 4.45. The minimum atomic E-state index is -1.02. The summed E-state index contributed by atoms with van der Waals surface area (Å²) in [6.07, 6.45) is 10.5. The topological polar surface area (TPSA) is 123 Å². The summed E-state index contributed by atoms with van der Waals surface area (Å²) in [5.41, 5.74) is 4.80. The molecule has 0 aliphatic carbocycles. The van der Waals surface area contributed by atoms with Gasteiger partial charge in [-0.25, -0.2) is 9.78 Å². The highest BCUT2D eigenvalue weighted by molar-refractivity contribution is 7.97. The van der Waals surface area contributed by atoms with Crippen molar-refractivity contribution in [3.05, 3.63) is 89.3 Å². The van der Waals surface area contributed by atoms with E-state index >= 15 is 0 Å². The van der Waals surface area contributed by atoms with Gasteiger partial charge in [0.25, 0.3) is 0 Å². The average molecular weight is 588 g/mol. The molecule has 0 spiro atoms. The van der Waals surface area contributed by atoms with Crippen LogP contribution in [0.3, 0.4) is 0 Å². The van der Waals surface area contributed by atoms with Crippen LogP contribution < -0.4 is 9.47 Å². The Morgan fingerprint density at radius 1 is 0.952 bits per heavy atom. The number of pyridine rings is 1. The maximum atomic E-state index is 11.1. The number of carboxylic acid groups (broad SMARTS) is 1. The molecule has 2 aromatic carbocycles. The fourth-order valence-corrected chi connectivity index (χ4v) is 5.33. The lowest BCUT2D eigenvalue weighted by Gasteiger charge is -2.11. The van der Waals surface area contributed by atoms with Crippen LogP contribution in [0, 0.1) is 0 Å². The molecule has 0 saturated carbocycles. The first-order valence-electron chi connectivity index (χ1n) is 14.2. The van der Waals surface area contributed by atoms with Crippen molar-refractivity contribution in [1.29, 1.82) is 0 Å². The number of rotatable bonds is 18. The molecule has 4 aromatic rings. The van der Waals surface area contributed by atoms with Gasteiger partial charge >= 0.3 is 5.97 Å². The van der Waals surface area contributed by atoms with Gasteiger partial charge in [-0.1, -0.05) is 56.0 Å². The summed E-state index contributed by atoms with van der Waals surface area (Å²) >= 11 is 1.72. The highest BCUT2D eigenvalue weighted by Crippen LogP contribution is 2.24. The van der Waals surface area contributed by atoms with E-state index in [4.69, 9.17) is 14.6 Å². The van der Waals surface area contributed by atoms with E-state index in [1.54, 1.807) is 18.9 Å². The van der Waals surface area contributed by atoms with Crippen LogP contribution in [-0.4, -0.2) is 50.4 Å². The molecule has 0 amide bonds. The van der Waals surface area contributed by atoms with E-state index in [-0.39, 0.29) is 0 Å². The van der Waals surface area contributed by atoms with Gasteiger partial charge in [0.05, 0.1) is 19.4 Å². The number of hydrogen-bond acceptors (Lipinski definition) is 8. The smallest absolute Gasteiger partial charge is 0.328 e. The summed E-state index contributed by atoms with van der Waals surface area (Å²) in [6, 6.07) is 20.2. The number of aromatic nitrogens is 5. The van der Waals surface area contributed by atoms with Gasteiger partial charge in [-0.3, -0.25) is 0 Å². The van der Waals surface area contributed by atoms with E-state index in [0.717, 1.165) is 53.7 Å². The van der Waals surface area contributed by atoms with Crippen molar-refractivity contribution in [2.75, 3.05) is 13.7 Å². The van der Waals surface area contributed by atoms with Crippen molar-refractivity contribution in [3.8, 4) is 22.9 Å². The fraction of sp³-hybridized carbons (Fsp3) is 0.344. The number of benzene rings is 2. The summed E-state index contributed by atoms with van der Waals surface area (Å²) in [5.74, 6) is 2.51. The third-order valence-corrected chi connectivity index (χ3v) is 7.69. The minimum absolute atomic E-state index is 0.535. The first-order chi connectivity index (χ1) is 20.6. The Morgan fingerprint density at radius 3 is 2.52 bits per heavy atom. The molecule has 42 heavy (non-hydrogen) atoms. The van der Waals surface area contributed by atoms with Crippen LogP contribution in [-0.2, 0) is 22.7 Å². The lowest BCUT2D eigenvalue weighted by Crippen LogP contribution is -2.02. The van der Waals surface area contributed by atoms with Crippen LogP contribution in [0.5, 0.6) is 11.5 Å². The van der Waals surface area contributed by atoms with E-state index < -0.39 is 5.97 Å². The maximum Gasteiger partial charge on any atom is 0.328 e. The lowest BCUT2D eigenvalue weighted by atomic mass is 10.0. The second-order valence-electron chi connectivity index (χ2n) is 9.85. The van der Waals surface area contributed by atoms with Crippen LogP contribution in [0.2, 0.25) is 0 Å². The number of nitrogens with one attached hydrogen (secondary N) is 1. The minimum Gasteiger partial charge on any atom is -0.497 e. The highest BCUT2D eigenvalue weighted by Gasteiger charge is 2.08. The van der Waals surface area contributed by atoms with Crippen molar-refractivity contribution >= 4 is 23.8 Å². The summed E-state index contributed by atoms with van der Waals surface area (Å²) < 4.78 is 11.2. The Balaban J connectivity index is 1.18. The molecular formula is C32H37N5O4S. The summed E-state index contributed by atoms with van der Waals surface area (Å²) in [6.45, 7) is 0.576. The van der Waals surface area contributed by atoms with E-state index in [1.165, 1.54) is 37.3 Å². The number of methoxy groups -OCH3 is 1. The summed E-state index contributed by atoms with van der Waals surface area (Å²) in [7, 11) is 1.69. The molecule has 0 saturated heterocycles. The number of carbonyl (C=O) groups is 1. The number of aryl methyl sites for hydroxylation is 1. The van der Waals surface area contributed by atoms with Crippen LogP contribution in [0.4, 0.5) is 0 Å². The normalized spacial score (nSPS) is 11.2. The summed E-state index contributed by atoms with van der Waals surface area (Å²) in [5, 5.41) is 23.3. The first-order valence-corrected chi connectivity index (χ1v) is 15.3. The number of tetrazole rings is 1. The van der Waals surface area contributed by atoms with Crippen LogP contribution in [0.25, 0.3) is 17.5 Å². The van der Waals surface area contributed by atoms with Crippen LogP contribution >= 0.6 is 11.8 Å². The Morgan fingerprint density at radius 2 is 1.76 bits per heavy atom. The van der Waals surface area contributed by atoms with Gasteiger partial charge in [-0.15, -0.1) is 10.2 Å². The molecule has 0 fully saturated rings. The molecule has 0 atom stereocenters. The maximum absolute atomic E-state index is 11.1. The zero-order chi connectivity index (χ0) is 29.4. The second kappa shape index (κ2) is 16.9. The lowest BCUT2D eigenvalue weighted by molar-refractivity contribution is -0.131. The van der Waals surface area contributed by atoms with Gasteiger partial charge in [0.1, 0.15) is 17.2 Å². The number of unbranched alkanes of at least 4 members (excludes halogenated alkanes) is 5. The quantitative estimate of drug-likeness (QED) is 0.0959. The molecule has 220 valence electrons. The van der Waals surface area contributed by atoms with E-state index in [2.05, 4.69) is 43.8 Å². The van der Waals surface area contributed by atoms with Gasteiger partial charge in [-0.2, -0.15) is 17.0 Å². The predicted octanol–water partition coefficient (Wildman–Crippen LogP) is 6.76. The molecule has 0 radical (unpaired) electrons. The number of H-pyrrole nitrogens is 1. The monoisotopic (exact) mass is 587 g/mol.